The first-order chi connectivity index (χ1) is 8.20. The Hall–Kier alpha value is -1.32. The zero-order valence-corrected chi connectivity index (χ0v) is 10.6. The smallest absolute Gasteiger partial charge is 0.358 e. The fourth-order valence-electron chi connectivity index (χ4n) is 2.39. The molecule has 0 bridgehead atoms. The highest BCUT2D eigenvalue weighted by Crippen LogP contribution is 2.31. The molecule has 0 aromatic carbocycles. The number of esters is 1. The average molecular weight is 236 g/mol. The largest absolute Gasteiger partial charge is 0.461 e. The van der Waals surface area contributed by atoms with Crippen LogP contribution in [0.2, 0.25) is 0 Å². The second kappa shape index (κ2) is 5.34. The average Bonchev–Trinajstić information content (AvgIpc) is 2.80. The molecule has 4 nitrogen and oxygen atoms in total. The van der Waals surface area contributed by atoms with Crippen LogP contribution in [0.1, 0.15) is 56.1 Å². The number of carbonyl (C=O) groups excluding carboxylic acids is 1. The summed E-state index contributed by atoms with van der Waals surface area (Å²) in [6.07, 6.45) is 8.46. The standard InChI is InChI=1S/C13H20N2O2/c1-3-17-13(16)12-8-15(9-14-12)11-6-4-10(2)5-7-11/h8-11H,3-7H2,1-2H3/t10-,11+. The van der Waals surface area contributed by atoms with Crippen molar-refractivity contribution in [1.82, 2.24) is 9.55 Å². The lowest BCUT2D eigenvalue weighted by molar-refractivity contribution is 0.0520. The van der Waals surface area contributed by atoms with E-state index in [0.717, 1.165) is 5.92 Å². The van der Waals surface area contributed by atoms with E-state index in [1.807, 2.05) is 6.20 Å². The number of imidazole rings is 1. The van der Waals surface area contributed by atoms with E-state index in [1.165, 1.54) is 25.7 Å². The quantitative estimate of drug-likeness (QED) is 0.758. The highest BCUT2D eigenvalue weighted by Gasteiger charge is 2.20. The van der Waals surface area contributed by atoms with Crippen molar-refractivity contribution in [3.63, 3.8) is 0 Å². The number of ether oxygens (including phenoxy) is 1. The number of hydrogen-bond donors (Lipinski definition) is 0. The first-order valence-corrected chi connectivity index (χ1v) is 6.41. The minimum Gasteiger partial charge on any atom is -0.461 e. The molecule has 1 aromatic heterocycles. The second-order valence-electron chi connectivity index (χ2n) is 4.84. The molecule has 0 radical (unpaired) electrons. The second-order valence-corrected chi connectivity index (χ2v) is 4.84. The van der Waals surface area contributed by atoms with Crippen LogP contribution in [0, 0.1) is 5.92 Å². The van der Waals surface area contributed by atoms with Crippen LogP contribution >= 0.6 is 0 Å². The van der Waals surface area contributed by atoms with E-state index < -0.39 is 0 Å². The zero-order valence-electron chi connectivity index (χ0n) is 10.6. The van der Waals surface area contributed by atoms with Gasteiger partial charge in [0.05, 0.1) is 12.9 Å². The topological polar surface area (TPSA) is 44.1 Å². The molecule has 1 heterocycles. The third-order valence-electron chi connectivity index (χ3n) is 3.49. The predicted octanol–water partition coefficient (Wildman–Crippen LogP) is 2.81. The maximum Gasteiger partial charge on any atom is 0.358 e. The lowest BCUT2D eigenvalue weighted by Gasteiger charge is -2.26. The molecule has 1 aromatic rings. The number of nitrogens with zero attached hydrogens (tertiary/aromatic N) is 2. The van der Waals surface area contributed by atoms with Gasteiger partial charge >= 0.3 is 5.97 Å². The molecule has 1 saturated carbocycles. The number of hydrogen-bond acceptors (Lipinski definition) is 3. The Kier molecular flexibility index (Phi) is 3.82. The van der Waals surface area contributed by atoms with Crippen LogP contribution in [0.3, 0.4) is 0 Å². The van der Waals surface area contributed by atoms with Crippen LogP contribution < -0.4 is 0 Å². The number of aromatic nitrogens is 2. The molecule has 0 unspecified atom stereocenters. The van der Waals surface area contributed by atoms with Crippen LogP contribution in [0.25, 0.3) is 0 Å². The van der Waals surface area contributed by atoms with Gasteiger partial charge in [-0.05, 0) is 38.5 Å². The summed E-state index contributed by atoms with van der Waals surface area (Å²) in [4.78, 5) is 15.6. The fourth-order valence-corrected chi connectivity index (χ4v) is 2.39. The van der Waals surface area contributed by atoms with E-state index >= 15 is 0 Å². The van der Waals surface area contributed by atoms with Gasteiger partial charge in [0, 0.05) is 12.2 Å². The summed E-state index contributed by atoms with van der Waals surface area (Å²) in [6, 6.07) is 0.502. The van der Waals surface area contributed by atoms with Gasteiger partial charge in [0.1, 0.15) is 0 Å². The maximum absolute atomic E-state index is 11.5. The van der Waals surface area contributed by atoms with Crippen LogP contribution in [0.5, 0.6) is 0 Å². The van der Waals surface area contributed by atoms with Crippen LogP contribution in [-0.4, -0.2) is 22.1 Å². The van der Waals surface area contributed by atoms with E-state index in [1.54, 1.807) is 13.3 Å². The van der Waals surface area contributed by atoms with Crippen molar-refractivity contribution in [1.29, 1.82) is 0 Å². The van der Waals surface area contributed by atoms with E-state index in [9.17, 15) is 4.79 Å². The molecule has 0 aliphatic heterocycles. The van der Waals surface area contributed by atoms with Gasteiger partial charge in [0.25, 0.3) is 0 Å². The summed E-state index contributed by atoms with van der Waals surface area (Å²) >= 11 is 0. The summed E-state index contributed by atoms with van der Waals surface area (Å²) < 4.78 is 7.00. The van der Waals surface area contributed by atoms with Crippen LogP contribution in [0.4, 0.5) is 0 Å². The van der Waals surface area contributed by atoms with Gasteiger partial charge in [-0.15, -0.1) is 0 Å². The molecule has 0 saturated heterocycles. The molecule has 1 aliphatic rings. The van der Waals surface area contributed by atoms with E-state index in [4.69, 9.17) is 4.74 Å². The third kappa shape index (κ3) is 2.87. The third-order valence-corrected chi connectivity index (χ3v) is 3.49. The first kappa shape index (κ1) is 12.1. The highest BCUT2D eigenvalue weighted by atomic mass is 16.5. The van der Waals surface area contributed by atoms with Gasteiger partial charge in [-0.25, -0.2) is 9.78 Å². The van der Waals surface area contributed by atoms with Crippen LogP contribution in [-0.2, 0) is 4.74 Å². The molecule has 2 rings (SSSR count). The summed E-state index contributed by atoms with van der Waals surface area (Å²) in [7, 11) is 0. The SMILES string of the molecule is CCOC(=O)c1cn([C@H]2CC[C@@H](C)CC2)cn1. The molecule has 4 heteroatoms. The molecule has 0 N–H and O–H groups in total. The van der Waals surface area contributed by atoms with Gasteiger partial charge in [0.2, 0.25) is 0 Å². The minimum absolute atomic E-state index is 0.324. The normalized spacial score (nSPS) is 24.6. The van der Waals surface area contributed by atoms with E-state index in [0.29, 0.717) is 18.3 Å². The van der Waals surface area contributed by atoms with Gasteiger partial charge in [-0.3, -0.25) is 0 Å². The number of rotatable bonds is 3. The summed E-state index contributed by atoms with van der Waals surface area (Å²) in [6.45, 7) is 4.50. The Morgan fingerprint density at radius 3 is 2.82 bits per heavy atom. The lowest BCUT2D eigenvalue weighted by atomic mass is 9.87. The lowest BCUT2D eigenvalue weighted by Crippen LogP contribution is -2.15. The Bertz CT molecular complexity index is 379. The van der Waals surface area contributed by atoms with Gasteiger partial charge < -0.3 is 9.30 Å². The van der Waals surface area contributed by atoms with Crippen molar-refractivity contribution in [2.75, 3.05) is 6.61 Å². The van der Waals surface area contributed by atoms with Gasteiger partial charge in [-0.2, -0.15) is 0 Å². The summed E-state index contributed by atoms with van der Waals surface area (Å²) in [5, 5.41) is 0. The zero-order chi connectivity index (χ0) is 12.3. The number of carbonyl (C=O) groups is 1. The van der Waals surface area contributed by atoms with Crippen molar-refractivity contribution >= 4 is 5.97 Å². The van der Waals surface area contributed by atoms with Crippen LogP contribution in [0.15, 0.2) is 12.5 Å². The Balaban J connectivity index is 2.00. The Labute approximate surface area is 102 Å². The Morgan fingerprint density at radius 2 is 2.18 bits per heavy atom. The molecular formula is C13H20N2O2. The molecule has 0 spiro atoms. The maximum atomic E-state index is 11.5. The fraction of sp³-hybridized carbons (Fsp3) is 0.692. The molecule has 94 valence electrons. The van der Waals surface area contributed by atoms with Crippen molar-refractivity contribution in [3.05, 3.63) is 18.2 Å². The predicted molar refractivity (Wildman–Crippen MR) is 64.9 cm³/mol. The van der Waals surface area contributed by atoms with E-state index in [2.05, 4.69) is 16.5 Å². The molecule has 17 heavy (non-hydrogen) atoms. The molecule has 1 fully saturated rings. The molecule has 1 aliphatic carbocycles. The highest BCUT2D eigenvalue weighted by molar-refractivity contribution is 5.86. The first-order valence-electron chi connectivity index (χ1n) is 6.41. The Morgan fingerprint density at radius 1 is 1.47 bits per heavy atom. The molecule has 0 amide bonds. The monoisotopic (exact) mass is 236 g/mol. The van der Waals surface area contributed by atoms with Gasteiger partial charge in [-0.1, -0.05) is 6.92 Å². The van der Waals surface area contributed by atoms with Crippen molar-refractivity contribution in [3.8, 4) is 0 Å². The van der Waals surface area contributed by atoms with Crippen molar-refractivity contribution in [2.24, 2.45) is 5.92 Å². The molecule has 0 atom stereocenters. The van der Waals surface area contributed by atoms with Crippen molar-refractivity contribution in [2.45, 2.75) is 45.6 Å². The summed E-state index contributed by atoms with van der Waals surface area (Å²) in [5.41, 5.74) is 0.422. The van der Waals surface area contributed by atoms with Gasteiger partial charge in [0.15, 0.2) is 5.69 Å². The van der Waals surface area contributed by atoms with Crippen molar-refractivity contribution < 1.29 is 9.53 Å². The minimum atomic E-state index is -0.324. The molecular weight excluding hydrogens is 216 g/mol. The van der Waals surface area contributed by atoms with E-state index in [-0.39, 0.29) is 5.97 Å². The summed E-state index contributed by atoms with van der Waals surface area (Å²) in [5.74, 6) is 0.509.